The molecule has 1 amide bonds. The molecule has 1 aliphatic carbocycles. The number of aromatic nitrogens is 2. The van der Waals surface area contributed by atoms with Crippen LogP contribution in [0.1, 0.15) is 31.2 Å². The summed E-state index contributed by atoms with van der Waals surface area (Å²) in [5.74, 6) is 1.41. The molecule has 2 unspecified atom stereocenters. The summed E-state index contributed by atoms with van der Waals surface area (Å²) < 4.78 is 0. The van der Waals surface area contributed by atoms with Crippen LogP contribution in [0.15, 0.2) is 30.3 Å². The van der Waals surface area contributed by atoms with E-state index in [2.05, 4.69) is 39.5 Å². The standard InChI is InChI=1S/C20H26N4O/c1-14-7-3-4-8-16(14)18-12-19(23-22-18)21-20(25)17-11-15(17)13-24-9-5-2-6-10-24/h3-4,7-8,12,15,17H,2,5-6,9-11,13H2,1H3,(H2,21,22,23,25). The number of aryl methyl sites for hydroxylation is 1. The van der Waals surface area contributed by atoms with Crippen LogP contribution in [-0.4, -0.2) is 40.6 Å². The quantitative estimate of drug-likeness (QED) is 0.878. The molecule has 5 heteroatoms. The van der Waals surface area contributed by atoms with E-state index in [0.717, 1.165) is 24.2 Å². The van der Waals surface area contributed by atoms with Gasteiger partial charge in [-0.25, -0.2) is 0 Å². The first kappa shape index (κ1) is 16.3. The van der Waals surface area contributed by atoms with Crippen molar-refractivity contribution in [1.29, 1.82) is 0 Å². The number of amides is 1. The Labute approximate surface area is 148 Å². The lowest BCUT2D eigenvalue weighted by Crippen LogP contribution is -2.32. The fourth-order valence-electron chi connectivity index (χ4n) is 3.86. The van der Waals surface area contributed by atoms with E-state index >= 15 is 0 Å². The van der Waals surface area contributed by atoms with Crippen LogP contribution in [0.25, 0.3) is 11.3 Å². The highest BCUT2D eigenvalue weighted by atomic mass is 16.2. The number of aromatic amines is 1. The van der Waals surface area contributed by atoms with E-state index in [0.29, 0.717) is 11.7 Å². The van der Waals surface area contributed by atoms with E-state index in [9.17, 15) is 4.79 Å². The number of piperidine rings is 1. The predicted octanol–water partition coefficient (Wildman–Crippen LogP) is 3.45. The molecule has 0 spiro atoms. The van der Waals surface area contributed by atoms with Gasteiger partial charge in [-0.1, -0.05) is 30.7 Å². The van der Waals surface area contributed by atoms with Gasteiger partial charge in [0.15, 0.2) is 5.82 Å². The van der Waals surface area contributed by atoms with Gasteiger partial charge in [-0.2, -0.15) is 5.10 Å². The van der Waals surface area contributed by atoms with Gasteiger partial charge in [0.05, 0.1) is 5.69 Å². The number of carbonyl (C=O) groups excluding carboxylic acids is 1. The second kappa shape index (κ2) is 7.00. The average molecular weight is 338 g/mol. The lowest BCUT2D eigenvalue weighted by atomic mass is 10.1. The van der Waals surface area contributed by atoms with Gasteiger partial charge >= 0.3 is 0 Å². The number of anilines is 1. The number of likely N-dealkylation sites (tertiary alicyclic amines) is 1. The van der Waals surface area contributed by atoms with Crippen molar-refractivity contribution in [2.24, 2.45) is 11.8 Å². The Hall–Kier alpha value is -2.14. The number of benzene rings is 1. The van der Waals surface area contributed by atoms with Crippen molar-refractivity contribution < 1.29 is 4.79 Å². The minimum Gasteiger partial charge on any atom is -0.309 e. The van der Waals surface area contributed by atoms with Crippen LogP contribution >= 0.6 is 0 Å². The van der Waals surface area contributed by atoms with Gasteiger partial charge in [-0.05, 0) is 50.8 Å². The topological polar surface area (TPSA) is 61.0 Å². The molecule has 1 aromatic heterocycles. The smallest absolute Gasteiger partial charge is 0.229 e. The summed E-state index contributed by atoms with van der Waals surface area (Å²) >= 11 is 0. The van der Waals surface area contributed by atoms with Crippen molar-refractivity contribution in [3.63, 3.8) is 0 Å². The van der Waals surface area contributed by atoms with Crippen LogP contribution in [0, 0.1) is 18.8 Å². The molecule has 2 atom stereocenters. The Morgan fingerprint density at radius 1 is 1.28 bits per heavy atom. The summed E-state index contributed by atoms with van der Waals surface area (Å²) in [6, 6.07) is 10.1. The number of rotatable bonds is 5. The molecule has 0 radical (unpaired) electrons. The van der Waals surface area contributed by atoms with Crippen LogP contribution in [0.5, 0.6) is 0 Å². The van der Waals surface area contributed by atoms with Crippen molar-refractivity contribution >= 4 is 11.7 Å². The minimum absolute atomic E-state index is 0.116. The molecule has 1 aromatic carbocycles. The van der Waals surface area contributed by atoms with Crippen LogP contribution in [-0.2, 0) is 4.79 Å². The summed E-state index contributed by atoms with van der Waals surface area (Å²) in [5, 5.41) is 10.3. The first-order valence-corrected chi connectivity index (χ1v) is 9.35. The van der Waals surface area contributed by atoms with Crippen LogP contribution in [0.2, 0.25) is 0 Å². The van der Waals surface area contributed by atoms with Gasteiger partial charge in [0.25, 0.3) is 0 Å². The largest absolute Gasteiger partial charge is 0.309 e. The van der Waals surface area contributed by atoms with E-state index in [-0.39, 0.29) is 11.8 Å². The van der Waals surface area contributed by atoms with Crippen LogP contribution in [0.3, 0.4) is 0 Å². The molecule has 2 aromatic rings. The van der Waals surface area contributed by atoms with Gasteiger partial charge in [0.2, 0.25) is 5.91 Å². The van der Waals surface area contributed by atoms with Crippen molar-refractivity contribution in [2.75, 3.05) is 25.0 Å². The van der Waals surface area contributed by atoms with E-state index in [4.69, 9.17) is 0 Å². The maximum Gasteiger partial charge on any atom is 0.229 e. The first-order valence-electron chi connectivity index (χ1n) is 9.35. The molecule has 2 aliphatic rings. The van der Waals surface area contributed by atoms with Crippen molar-refractivity contribution in [3.8, 4) is 11.3 Å². The summed E-state index contributed by atoms with van der Waals surface area (Å²) in [7, 11) is 0. The Morgan fingerprint density at radius 3 is 2.88 bits per heavy atom. The van der Waals surface area contributed by atoms with Gasteiger partial charge < -0.3 is 10.2 Å². The Kier molecular flexibility index (Phi) is 4.57. The Balaban J connectivity index is 1.32. The average Bonchev–Trinajstić information content (AvgIpc) is 3.24. The highest BCUT2D eigenvalue weighted by Gasteiger charge is 2.43. The molecule has 2 heterocycles. The molecule has 132 valence electrons. The van der Waals surface area contributed by atoms with Gasteiger partial charge in [-0.15, -0.1) is 0 Å². The van der Waals surface area contributed by atoms with Gasteiger partial charge in [0, 0.05) is 24.1 Å². The second-order valence-corrected chi connectivity index (χ2v) is 7.43. The lowest BCUT2D eigenvalue weighted by molar-refractivity contribution is -0.117. The molecule has 1 aliphatic heterocycles. The summed E-state index contributed by atoms with van der Waals surface area (Å²) in [5.41, 5.74) is 3.24. The molecule has 5 nitrogen and oxygen atoms in total. The summed E-state index contributed by atoms with van der Waals surface area (Å²) in [4.78, 5) is 15.0. The molecule has 1 saturated heterocycles. The first-order chi connectivity index (χ1) is 12.2. The van der Waals surface area contributed by atoms with Crippen molar-refractivity contribution in [2.45, 2.75) is 32.6 Å². The number of nitrogens with one attached hydrogen (secondary N) is 2. The van der Waals surface area contributed by atoms with Crippen molar-refractivity contribution in [1.82, 2.24) is 15.1 Å². The van der Waals surface area contributed by atoms with E-state index in [1.54, 1.807) is 0 Å². The van der Waals surface area contributed by atoms with Crippen LogP contribution < -0.4 is 5.32 Å². The van der Waals surface area contributed by atoms with Crippen LogP contribution in [0.4, 0.5) is 5.82 Å². The van der Waals surface area contributed by atoms with E-state index in [1.807, 2.05) is 18.2 Å². The lowest BCUT2D eigenvalue weighted by Gasteiger charge is -2.26. The minimum atomic E-state index is 0.116. The summed E-state index contributed by atoms with van der Waals surface area (Å²) in [6.45, 7) is 5.55. The summed E-state index contributed by atoms with van der Waals surface area (Å²) in [6.07, 6.45) is 4.97. The molecule has 4 rings (SSSR count). The molecular formula is C20H26N4O. The predicted molar refractivity (Wildman–Crippen MR) is 99.3 cm³/mol. The fourth-order valence-corrected chi connectivity index (χ4v) is 3.86. The molecule has 25 heavy (non-hydrogen) atoms. The molecule has 2 N–H and O–H groups in total. The third kappa shape index (κ3) is 3.76. The van der Waals surface area contributed by atoms with Crippen molar-refractivity contribution in [3.05, 3.63) is 35.9 Å². The number of nitrogens with zero attached hydrogens (tertiary/aromatic N) is 2. The number of carbonyl (C=O) groups is 1. The maximum atomic E-state index is 12.5. The molecular weight excluding hydrogens is 312 g/mol. The number of hydrogen-bond acceptors (Lipinski definition) is 3. The SMILES string of the molecule is Cc1ccccc1-c1cc(NC(=O)C2CC2CN2CCCCC2)n[nH]1. The van der Waals surface area contributed by atoms with Gasteiger partial charge in [-0.3, -0.25) is 9.89 Å². The highest BCUT2D eigenvalue weighted by molar-refractivity contribution is 5.94. The third-order valence-electron chi connectivity index (χ3n) is 5.47. The number of H-pyrrole nitrogens is 1. The Bertz CT molecular complexity index is 748. The zero-order valence-electron chi connectivity index (χ0n) is 14.8. The monoisotopic (exact) mass is 338 g/mol. The normalized spacial score (nSPS) is 23.4. The highest BCUT2D eigenvalue weighted by Crippen LogP contribution is 2.40. The maximum absolute atomic E-state index is 12.5. The Morgan fingerprint density at radius 2 is 2.08 bits per heavy atom. The molecule has 0 bridgehead atoms. The number of hydrogen-bond donors (Lipinski definition) is 2. The van der Waals surface area contributed by atoms with Gasteiger partial charge in [0.1, 0.15) is 0 Å². The zero-order chi connectivity index (χ0) is 17.2. The molecule has 2 fully saturated rings. The third-order valence-corrected chi connectivity index (χ3v) is 5.47. The molecule has 1 saturated carbocycles. The fraction of sp³-hybridized carbons (Fsp3) is 0.500. The second-order valence-electron chi connectivity index (χ2n) is 7.43. The zero-order valence-corrected chi connectivity index (χ0v) is 14.8. The van der Waals surface area contributed by atoms with E-state index in [1.165, 1.54) is 37.9 Å². The van der Waals surface area contributed by atoms with E-state index < -0.39 is 0 Å².